The minimum Gasteiger partial charge on any atom is -0.633 e. The summed E-state index contributed by atoms with van der Waals surface area (Å²) in [7, 11) is 0. The monoisotopic (exact) mass is 259 g/mol. The number of rotatable bonds is 7. The zero-order valence-electron chi connectivity index (χ0n) is 11.9. The van der Waals surface area contributed by atoms with Gasteiger partial charge in [0.25, 0.3) is 0 Å². The zero-order chi connectivity index (χ0) is 13.6. The number of likely N-dealkylation sites (tertiary alicyclic amines) is 1. The molecule has 0 bridgehead atoms. The summed E-state index contributed by atoms with van der Waals surface area (Å²) < 4.78 is -0.0476. The van der Waals surface area contributed by atoms with Crippen molar-refractivity contribution in [2.45, 2.75) is 39.2 Å². The maximum atomic E-state index is 12.4. The van der Waals surface area contributed by atoms with E-state index in [9.17, 15) is 5.21 Å². The van der Waals surface area contributed by atoms with E-state index in [-0.39, 0.29) is 4.65 Å². The van der Waals surface area contributed by atoms with Gasteiger partial charge in [0.2, 0.25) is 0 Å². The van der Waals surface area contributed by atoms with Crippen LogP contribution in [0.5, 0.6) is 0 Å². The molecule has 0 saturated carbocycles. The van der Waals surface area contributed by atoms with Gasteiger partial charge in [-0.25, -0.2) is 0 Å². The van der Waals surface area contributed by atoms with Crippen LogP contribution in [0.2, 0.25) is 0 Å². The molecule has 0 atom stereocenters. The van der Waals surface area contributed by atoms with Crippen LogP contribution in [0.25, 0.3) is 0 Å². The second-order valence-electron chi connectivity index (χ2n) is 5.75. The lowest BCUT2D eigenvalue weighted by Gasteiger charge is -2.53. The summed E-state index contributed by atoms with van der Waals surface area (Å²) in [5, 5.41) is 12.4. The first-order chi connectivity index (χ1) is 9.22. The molecule has 0 unspecified atom stereocenters. The number of unbranched alkanes of at least 4 members (excludes halogenated alkanes) is 3. The summed E-state index contributed by atoms with van der Waals surface area (Å²) in [6.45, 7) is 4.35. The van der Waals surface area contributed by atoms with Gasteiger partial charge < -0.3 is 9.85 Å². The Hall–Kier alpha value is -1.12. The fraction of sp³-hybridized carbons (Fsp3) is 0.529. The van der Waals surface area contributed by atoms with Crippen molar-refractivity contribution in [2.75, 3.05) is 13.1 Å². The molecule has 104 valence electrons. The molecule has 2 nitrogen and oxygen atoms in total. The van der Waals surface area contributed by atoms with Crippen molar-refractivity contribution in [1.82, 2.24) is 0 Å². The molecule has 0 radical (unpaired) electrons. The van der Waals surface area contributed by atoms with E-state index in [0.29, 0.717) is 12.5 Å². The van der Waals surface area contributed by atoms with Crippen LogP contribution in [0, 0.1) is 11.1 Å². The highest BCUT2D eigenvalue weighted by Crippen LogP contribution is 2.28. The number of hydrogen-bond donors (Lipinski definition) is 0. The smallest absolute Gasteiger partial charge is 0.104 e. The van der Waals surface area contributed by atoms with Gasteiger partial charge in [0.05, 0.1) is 19.0 Å². The molecule has 2 rings (SSSR count). The predicted molar refractivity (Wildman–Crippen MR) is 80.3 cm³/mol. The standard InChI is InChI=1S/C17H25NO/c1-2-3-4-5-7-12-17-14-18(19,15-17)13-16-10-8-6-9-11-16/h6-12,17H,2-5,13-15H2,1H3. The Balaban J connectivity index is 1.69. The molecule has 2 heteroatoms. The van der Waals surface area contributed by atoms with Crippen LogP contribution in [-0.2, 0) is 6.54 Å². The number of nitrogens with zero attached hydrogens (tertiary/aromatic N) is 1. The van der Waals surface area contributed by atoms with Crippen molar-refractivity contribution in [3.05, 3.63) is 53.3 Å². The molecule has 1 aliphatic heterocycles. The van der Waals surface area contributed by atoms with Crippen molar-refractivity contribution < 1.29 is 4.65 Å². The molecule has 1 fully saturated rings. The molecular weight excluding hydrogens is 234 g/mol. The third-order valence-corrected chi connectivity index (χ3v) is 3.83. The van der Waals surface area contributed by atoms with Gasteiger partial charge in [0.15, 0.2) is 0 Å². The maximum absolute atomic E-state index is 12.4. The highest BCUT2D eigenvalue weighted by Gasteiger charge is 2.35. The van der Waals surface area contributed by atoms with Gasteiger partial charge in [-0.05, 0) is 12.8 Å². The molecule has 0 spiro atoms. The Labute approximate surface area is 116 Å². The van der Waals surface area contributed by atoms with Gasteiger partial charge in [-0.15, -0.1) is 0 Å². The van der Waals surface area contributed by atoms with E-state index in [4.69, 9.17) is 0 Å². The summed E-state index contributed by atoms with van der Waals surface area (Å²) in [5.74, 6) is 0.503. The molecule has 0 amide bonds. The highest BCUT2D eigenvalue weighted by atomic mass is 16.5. The number of quaternary nitrogens is 1. The average Bonchev–Trinajstić information content (AvgIpc) is 2.37. The van der Waals surface area contributed by atoms with Crippen LogP contribution in [0.15, 0.2) is 42.5 Å². The first-order valence-electron chi connectivity index (χ1n) is 7.49. The van der Waals surface area contributed by atoms with Crippen LogP contribution in [0.3, 0.4) is 0 Å². The number of hydroxylamine groups is 3. The SMILES string of the molecule is CCCCCC=CC1C[N+]([O-])(Cc2ccccc2)C1. The number of benzene rings is 1. The Bertz CT molecular complexity index is 393. The molecule has 0 aromatic heterocycles. The van der Waals surface area contributed by atoms with Crippen LogP contribution in [0.4, 0.5) is 0 Å². The van der Waals surface area contributed by atoms with E-state index in [1.807, 2.05) is 30.3 Å². The van der Waals surface area contributed by atoms with E-state index in [2.05, 4.69) is 19.1 Å². The molecule has 19 heavy (non-hydrogen) atoms. The second-order valence-corrected chi connectivity index (χ2v) is 5.75. The van der Waals surface area contributed by atoms with Crippen molar-refractivity contribution in [3.8, 4) is 0 Å². The highest BCUT2D eigenvalue weighted by molar-refractivity contribution is 5.13. The molecule has 0 aliphatic carbocycles. The predicted octanol–water partition coefficient (Wildman–Crippen LogP) is 4.27. The van der Waals surface area contributed by atoms with E-state index >= 15 is 0 Å². The van der Waals surface area contributed by atoms with Gasteiger partial charge in [-0.3, -0.25) is 0 Å². The summed E-state index contributed by atoms with van der Waals surface area (Å²) in [4.78, 5) is 0. The van der Waals surface area contributed by atoms with E-state index in [1.165, 1.54) is 25.7 Å². The van der Waals surface area contributed by atoms with Crippen LogP contribution in [-0.4, -0.2) is 17.7 Å². The Morgan fingerprint density at radius 1 is 1.21 bits per heavy atom. The fourth-order valence-corrected chi connectivity index (χ4v) is 2.77. The average molecular weight is 259 g/mol. The van der Waals surface area contributed by atoms with Crippen LogP contribution >= 0.6 is 0 Å². The molecule has 0 N–H and O–H groups in total. The summed E-state index contributed by atoms with van der Waals surface area (Å²) in [6, 6.07) is 10.1. The number of allylic oxidation sites excluding steroid dienone is 1. The Morgan fingerprint density at radius 2 is 1.95 bits per heavy atom. The fourth-order valence-electron chi connectivity index (χ4n) is 2.77. The van der Waals surface area contributed by atoms with E-state index in [1.54, 1.807) is 0 Å². The third kappa shape index (κ3) is 4.48. The number of hydrogen-bond acceptors (Lipinski definition) is 1. The maximum Gasteiger partial charge on any atom is 0.104 e. The minimum atomic E-state index is -0.0476. The minimum absolute atomic E-state index is 0.0476. The molecule has 1 saturated heterocycles. The Morgan fingerprint density at radius 3 is 2.63 bits per heavy atom. The third-order valence-electron chi connectivity index (χ3n) is 3.83. The van der Waals surface area contributed by atoms with Crippen molar-refractivity contribution in [3.63, 3.8) is 0 Å². The van der Waals surface area contributed by atoms with Crippen LogP contribution < -0.4 is 0 Å². The largest absolute Gasteiger partial charge is 0.633 e. The first-order valence-corrected chi connectivity index (χ1v) is 7.49. The van der Waals surface area contributed by atoms with Crippen molar-refractivity contribution in [1.29, 1.82) is 0 Å². The Kier molecular flexibility index (Phi) is 5.17. The lowest BCUT2D eigenvalue weighted by atomic mass is 9.97. The van der Waals surface area contributed by atoms with Crippen LogP contribution in [0.1, 0.15) is 38.2 Å². The molecule has 1 aromatic rings. The summed E-state index contributed by atoms with van der Waals surface area (Å²) in [5.41, 5.74) is 1.16. The lowest BCUT2D eigenvalue weighted by molar-refractivity contribution is -0.939. The quantitative estimate of drug-likeness (QED) is 0.310. The first kappa shape index (κ1) is 14.3. The topological polar surface area (TPSA) is 23.1 Å². The zero-order valence-corrected chi connectivity index (χ0v) is 11.9. The van der Waals surface area contributed by atoms with Gasteiger partial charge in [-0.1, -0.05) is 62.2 Å². The van der Waals surface area contributed by atoms with Gasteiger partial charge >= 0.3 is 0 Å². The van der Waals surface area contributed by atoms with E-state index < -0.39 is 0 Å². The molecule has 1 aromatic carbocycles. The molecule has 1 aliphatic rings. The summed E-state index contributed by atoms with van der Waals surface area (Å²) in [6.07, 6.45) is 9.56. The molecule has 1 heterocycles. The molecular formula is C17H25NO. The second kappa shape index (κ2) is 6.88. The van der Waals surface area contributed by atoms with Crippen molar-refractivity contribution >= 4 is 0 Å². The lowest BCUT2D eigenvalue weighted by Crippen LogP contribution is -2.58. The van der Waals surface area contributed by atoms with E-state index in [0.717, 1.165) is 18.7 Å². The van der Waals surface area contributed by atoms with Gasteiger partial charge in [0.1, 0.15) is 6.54 Å². The normalized spacial score (nSPS) is 26.5. The summed E-state index contributed by atoms with van der Waals surface area (Å²) >= 11 is 0. The van der Waals surface area contributed by atoms with Gasteiger partial charge in [0, 0.05) is 5.56 Å². The van der Waals surface area contributed by atoms with Gasteiger partial charge in [-0.2, -0.15) is 0 Å². The van der Waals surface area contributed by atoms with Crippen molar-refractivity contribution in [2.24, 2.45) is 5.92 Å².